The molecule has 7 heteroatoms. The molecule has 1 fully saturated rings. The lowest BCUT2D eigenvalue weighted by atomic mass is 10.2. The molecule has 0 saturated carbocycles. The van der Waals surface area contributed by atoms with Crippen molar-refractivity contribution in [2.45, 2.75) is 13.5 Å². The number of hydrogen-bond acceptors (Lipinski definition) is 4. The Kier molecular flexibility index (Phi) is 5.68. The molecule has 0 bridgehead atoms. The molecular weight excluding hydrogens is 333 g/mol. The molecule has 138 valence electrons. The average molecular weight is 357 g/mol. The minimum Gasteiger partial charge on any atom is -0.354 e. The largest absolute Gasteiger partial charge is 0.354 e. The number of aromatic nitrogens is 1. The lowest BCUT2D eigenvalue weighted by molar-refractivity contribution is 0.251. The van der Waals surface area contributed by atoms with Gasteiger partial charge in [0.25, 0.3) is 0 Å². The molecule has 1 aliphatic heterocycles. The molecule has 1 saturated heterocycles. The first-order valence-corrected chi connectivity index (χ1v) is 8.71. The molecule has 6 nitrogen and oxygen atoms in total. The Morgan fingerprint density at radius 1 is 1.23 bits per heavy atom. The summed E-state index contributed by atoms with van der Waals surface area (Å²) in [5.74, 6) is 0.446. The van der Waals surface area contributed by atoms with Crippen molar-refractivity contribution in [3.05, 3.63) is 53.5 Å². The Hall–Kier alpha value is -2.67. The zero-order chi connectivity index (χ0) is 18.5. The molecule has 3 rings (SSSR count). The molecule has 1 aliphatic rings. The van der Waals surface area contributed by atoms with Crippen LogP contribution in [-0.4, -0.2) is 49.1 Å². The second kappa shape index (κ2) is 8.14. The summed E-state index contributed by atoms with van der Waals surface area (Å²) in [5, 5.41) is 5.33. The van der Waals surface area contributed by atoms with Crippen LogP contribution in [0.4, 0.5) is 20.7 Å². The normalized spacial score (nSPS) is 15.0. The first kappa shape index (κ1) is 18.1. The minimum atomic E-state index is -0.445. The van der Waals surface area contributed by atoms with Gasteiger partial charge in [0, 0.05) is 44.5 Å². The number of aryl methyl sites for hydroxylation is 1. The molecule has 26 heavy (non-hydrogen) atoms. The number of hydrogen-bond donors (Lipinski definition) is 2. The summed E-state index contributed by atoms with van der Waals surface area (Å²) < 4.78 is 13.8. The van der Waals surface area contributed by atoms with E-state index in [2.05, 4.69) is 32.5 Å². The highest BCUT2D eigenvalue weighted by atomic mass is 19.1. The van der Waals surface area contributed by atoms with Crippen LogP contribution in [0.2, 0.25) is 0 Å². The lowest BCUT2D eigenvalue weighted by Gasteiger charge is -2.34. The molecule has 0 aliphatic carbocycles. The highest BCUT2D eigenvalue weighted by molar-refractivity contribution is 5.89. The second-order valence-electron chi connectivity index (χ2n) is 6.57. The number of likely N-dealkylation sites (N-methyl/N-ethyl adjacent to an activating group) is 1. The summed E-state index contributed by atoms with van der Waals surface area (Å²) in [4.78, 5) is 21.1. The second-order valence-corrected chi connectivity index (χ2v) is 6.57. The van der Waals surface area contributed by atoms with Crippen molar-refractivity contribution in [3.8, 4) is 0 Å². The Balaban J connectivity index is 1.61. The third-order valence-electron chi connectivity index (χ3n) is 4.48. The number of urea groups is 1. The number of rotatable bonds is 4. The molecule has 0 radical (unpaired) electrons. The van der Waals surface area contributed by atoms with Crippen LogP contribution < -0.4 is 15.5 Å². The van der Waals surface area contributed by atoms with Gasteiger partial charge in [0.1, 0.15) is 11.6 Å². The van der Waals surface area contributed by atoms with Crippen molar-refractivity contribution in [1.82, 2.24) is 15.2 Å². The van der Waals surface area contributed by atoms with Crippen LogP contribution in [0.3, 0.4) is 0 Å². The van der Waals surface area contributed by atoms with Gasteiger partial charge in [-0.2, -0.15) is 0 Å². The van der Waals surface area contributed by atoms with E-state index in [0.717, 1.165) is 43.1 Å². The number of carbonyl (C=O) groups is 1. The number of piperazine rings is 1. The Labute approximate surface area is 153 Å². The zero-order valence-electron chi connectivity index (χ0n) is 15.1. The predicted molar refractivity (Wildman–Crippen MR) is 101 cm³/mol. The van der Waals surface area contributed by atoms with Crippen molar-refractivity contribution in [2.24, 2.45) is 0 Å². The van der Waals surface area contributed by atoms with Crippen LogP contribution >= 0.6 is 0 Å². The number of amides is 2. The number of anilines is 2. The van der Waals surface area contributed by atoms with Gasteiger partial charge in [-0.05, 0) is 37.7 Å². The Morgan fingerprint density at radius 3 is 2.73 bits per heavy atom. The molecule has 0 atom stereocenters. The summed E-state index contributed by atoms with van der Waals surface area (Å²) >= 11 is 0. The Bertz CT molecular complexity index is 774. The predicted octanol–water partition coefficient (Wildman–Crippen LogP) is 2.60. The number of nitrogens with zero attached hydrogens (tertiary/aromatic N) is 3. The van der Waals surface area contributed by atoms with Gasteiger partial charge in [-0.15, -0.1) is 0 Å². The Morgan fingerprint density at radius 2 is 2.00 bits per heavy atom. The van der Waals surface area contributed by atoms with E-state index < -0.39 is 11.8 Å². The van der Waals surface area contributed by atoms with E-state index in [4.69, 9.17) is 0 Å². The molecule has 0 unspecified atom stereocenters. The van der Waals surface area contributed by atoms with Gasteiger partial charge in [0.05, 0.1) is 5.69 Å². The van der Waals surface area contributed by atoms with Gasteiger partial charge in [-0.1, -0.05) is 12.1 Å². The summed E-state index contributed by atoms with van der Waals surface area (Å²) in [6, 6.07) is 8.07. The number of carbonyl (C=O) groups excluding carboxylic acids is 1. The van der Waals surface area contributed by atoms with Gasteiger partial charge in [-0.3, -0.25) is 0 Å². The van der Waals surface area contributed by atoms with Crippen molar-refractivity contribution < 1.29 is 9.18 Å². The summed E-state index contributed by atoms with van der Waals surface area (Å²) in [7, 11) is 2.10. The van der Waals surface area contributed by atoms with Crippen LogP contribution in [0.25, 0.3) is 0 Å². The molecule has 2 heterocycles. The van der Waals surface area contributed by atoms with E-state index in [-0.39, 0.29) is 5.69 Å². The molecular formula is C19H24FN5O. The van der Waals surface area contributed by atoms with E-state index in [1.807, 2.05) is 12.1 Å². The van der Waals surface area contributed by atoms with Crippen LogP contribution in [-0.2, 0) is 6.54 Å². The van der Waals surface area contributed by atoms with E-state index in [9.17, 15) is 9.18 Å². The lowest BCUT2D eigenvalue weighted by Crippen LogP contribution is -2.45. The van der Waals surface area contributed by atoms with Crippen molar-refractivity contribution in [2.75, 3.05) is 43.4 Å². The summed E-state index contributed by atoms with van der Waals surface area (Å²) in [5.41, 5.74) is 1.91. The smallest absolute Gasteiger partial charge is 0.319 e. The standard InChI is InChI=1S/C19H24FN5O/c1-14-5-6-17(16(20)12-14)23-19(26)22-13-15-4-3-7-21-18(15)25-10-8-24(2)9-11-25/h3-7,12H,8-11,13H2,1-2H3,(H2,22,23,26). The fraction of sp³-hybridized carbons (Fsp3) is 0.368. The maximum absolute atomic E-state index is 13.8. The van der Waals surface area contributed by atoms with Crippen LogP contribution in [0.1, 0.15) is 11.1 Å². The number of pyridine rings is 1. The topological polar surface area (TPSA) is 60.5 Å². The maximum Gasteiger partial charge on any atom is 0.319 e. The van der Waals surface area contributed by atoms with Gasteiger partial charge in [0.2, 0.25) is 0 Å². The zero-order valence-corrected chi connectivity index (χ0v) is 15.1. The first-order valence-electron chi connectivity index (χ1n) is 8.71. The van der Waals surface area contributed by atoms with E-state index >= 15 is 0 Å². The monoisotopic (exact) mass is 357 g/mol. The first-order chi connectivity index (χ1) is 12.5. The van der Waals surface area contributed by atoms with Gasteiger partial charge >= 0.3 is 6.03 Å². The highest BCUT2D eigenvalue weighted by Crippen LogP contribution is 2.19. The third-order valence-corrected chi connectivity index (χ3v) is 4.48. The molecule has 2 amide bonds. The van der Waals surface area contributed by atoms with Gasteiger partial charge in [-0.25, -0.2) is 14.2 Å². The number of halogens is 1. The molecule has 2 aromatic rings. The quantitative estimate of drug-likeness (QED) is 0.883. The van der Waals surface area contributed by atoms with Crippen molar-refractivity contribution in [1.29, 1.82) is 0 Å². The number of nitrogens with one attached hydrogen (secondary N) is 2. The summed E-state index contributed by atoms with van der Waals surface area (Å²) in [6.07, 6.45) is 1.76. The van der Waals surface area contributed by atoms with E-state index in [1.165, 1.54) is 6.07 Å². The molecule has 1 aromatic carbocycles. The van der Waals surface area contributed by atoms with Crippen molar-refractivity contribution >= 4 is 17.5 Å². The van der Waals surface area contributed by atoms with Crippen LogP contribution in [0.15, 0.2) is 36.5 Å². The molecule has 1 aromatic heterocycles. The summed E-state index contributed by atoms with van der Waals surface area (Å²) in [6.45, 7) is 5.90. The SMILES string of the molecule is Cc1ccc(NC(=O)NCc2cccnc2N2CCN(C)CC2)c(F)c1. The fourth-order valence-electron chi connectivity index (χ4n) is 2.93. The van der Waals surface area contributed by atoms with Crippen LogP contribution in [0, 0.1) is 12.7 Å². The molecule has 0 spiro atoms. The van der Waals surface area contributed by atoms with Gasteiger partial charge in [0.15, 0.2) is 0 Å². The molecule has 2 N–H and O–H groups in total. The number of benzene rings is 1. The fourth-order valence-corrected chi connectivity index (χ4v) is 2.93. The highest BCUT2D eigenvalue weighted by Gasteiger charge is 2.18. The average Bonchev–Trinajstić information content (AvgIpc) is 2.63. The van der Waals surface area contributed by atoms with Crippen molar-refractivity contribution in [3.63, 3.8) is 0 Å². The third kappa shape index (κ3) is 4.49. The maximum atomic E-state index is 13.8. The minimum absolute atomic E-state index is 0.165. The van der Waals surface area contributed by atoms with E-state index in [0.29, 0.717) is 6.54 Å². The van der Waals surface area contributed by atoms with Gasteiger partial charge < -0.3 is 20.4 Å². The van der Waals surface area contributed by atoms with Crippen LogP contribution in [0.5, 0.6) is 0 Å². The van der Waals surface area contributed by atoms with E-state index in [1.54, 1.807) is 25.3 Å².